The van der Waals surface area contributed by atoms with Crippen LogP contribution in [0.25, 0.3) is 0 Å². The van der Waals surface area contributed by atoms with Gasteiger partial charge in [-0.25, -0.2) is 14.8 Å². The molecule has 2 aromatic rings. The number of aromatic nitrogens is 2. The Labute approximate surface area is 147 Å². The topological polar surface area (TPSA) is 76.6 Å². The molecule has 25 heavy (non-hydrogen) atoms. The summed E-state index contributed by atoms with van der Waals surface area (Å²) in [5.74, 6) is 0.776. The van der Waals surface area contributed by atoms with Gasteiger partial charge in [-0.1, -0.05) is 18.2 Å². The fourth-order valence-electron chi connectivity index (χ4n) is 2.80. The number of ether oxygens (including phenoxy) is 2. The van der Waals surface area contributed by atoms with Crippen LogP contribution in [-0.2, 0) is 6.54 Å². The van der Waals surface area contributed by atoms with Crippen LogP contribution >= 0.6 is 0 Å². The number of rotatable bonds is 5. The van der Waals surface area contributed by atoms with Gasteiger partial charge in [-0.05, 0) is 12.1 Å². The van der Waals surface area contributed by atoms with E-state index in [0.29, 0.717) is 25.6 Å². The molecule has 0 atom stereocenters. The van der Waals surface area contributed by atoms with Gasteiger partial charge in [0.15, 0.2) is 0 Å². The molecule has 0 unspecified atom stereocenters. The molecule has 1 aromatic heterocycles. The lowest BCUT2D eigenvalue weighted by Crippen LogP contribution is -2.46. The van der Waals surface area contributed by atoms with Crippen LogP contribution in [0.3, 0.4) is 0 Å². The molecule has 0 bridgehead atoms. The van der Waals surface area contributed by atoms with Crippen molar-refractivity contribution in [2.45, 2.75) is 25.5 Å². The van der Waals surface area contributed by atoms with Crippen LogP contribution in [0.1, 0.15) is 18.4 Å². The average molecular weight is 342 g/mol. The van der Waals surface area contributed by atoms with Crippen LogP contribution < -0.4 is 14.8 Å². The maximum absolute atomic E-state index is 12.3. The number of carbonyl (C=O) groups is 1. The molecule has 1 N–H and O–H groups in total. The van der Waals surface area contributed by atoms with Crippen LogP contribution in [0, 0.1) is 0 Å². The van der Waals surface area contributed by atoms with Gasteiger partial charge in [0.05, 0.1) is 7.11 Å². The van der Waals surface area contributed by atoms with E-state index in [1.165, 1.54) is 0 Å². The van der Waals surface area contributed by atoms with Crippen LogP contribution in [0.4, 0.5) is 4.79 Å². The molecule has 1 aromatic carbocycles. The van der Waals surface area contributed by atoms with Crippen molar-refractivity contribution in [2.75, 3.05) is 20.2 Å². The van der Waals surface area contributed by atoms with Crippen molar-refractivity contribution >= 4 is 6.03 Å². The van der Waals surface area contributed by atoms with E-state index in [-0.39, 0.29) is 12.1 Å². The van der Waals surface area contributed by atoms with E-state index in [9.17, 15) is 4.79 Å². The number of piperidine rings is 1. The van der Waals surface area contributed by atoms with E-state index >= 15 is 0 Å². The zero-order valence-corrected chi connectivity index (χ0v) is 14.2. The second-order valence-electron chi connectivity index (χ2n) is 5.81. The average Bonchev–Trinajstić information content (AvgIpc) is 2.67. The van der Waals surface area contributed by atoms with Gasteiger partial charge in [0, 0.05) is 50.4 Å². The van der Waals surface area contributed by atoms with Crippen molar-refractivity contribution < 1.29 is 14.3 Å². The van der Waals surface area contributed by atoms with E-state index in [1.807, 2.05) is 24.3 Å². The second-order valence-corrected chi connectivity index (χ2v) is 5.81. The molecule has 0 aliphatic carbocycles. The number of nitrogens with zero attached hydrogens (tertiary/aromatic N) is 3. The van der Waals surface area contributed by atoms with Gasteiger partial charge in [-0.3, -0.25) is 0 Å². The van der Waals surface area contributed by atoms with Gasteiger partial charge in [-0.2, -0.15) is 0 Å². The lowest BCUT2D eigenvalue weighted by molar-refractivity contribution is 0.103. The SMILES string of the molecule is COc1ccccc1CNC(=O)N1CCC(Oc2ncccn2)CC1. The van der Waals surface area contributed by atoms with Crippen LogP contribution in [0.2, 0.25) is 0 Å². The monoisotopic (exact) mass is 342 g/mol. The molecule has 3 rings (SSSR count). The minimum atomic E-state index is -0.0692. The molecule has 0 spiro atoms. The van der Waals surface area contributed by atoms with E-state index in [1.54, 1.807) is 30.5 Å². The minimum Gasteiger partial charge on any atom is -0.496 e. The molecule has 132 valence electrons. The number of amides is 2. The predicted molar refractivity (Wildman–Crippen MR) is 92.5 cm³/mol. The lowest BCUT2D eigenvalue weighted by atomic mass is 10.1. The summed E-state index contributed by atoms with van der Waals surface area (Å²) < 4.78 is 11.0. The van der Waals surface area contributed by atoms with Crippen LogP contribution in [0.15, 0.2) is 42.7 Å². The predicted octanol–water partition coefficient (Wildman–Crippen LogP) is 2.24. The number of urea groups is 1. The van der Waals surface area contributed by atoms with E-state index in [0.717, 1.165) is 24.2 Å². The maximum atomic E-state index is 12.3. The summed E-state index contributed by atoms with van der Waals surface area (Å²) in [6, 6.07) is 9.74. The van der Waals surface area contributed by atoms with Gasteiger partial charge in [-0.15, -0.1) is 0 Å². The fourth-order valence-corrected chi connectivity index (χ4v) is 2.80. The zero-order chi connectivity index (χ0) is 17.5. The summed E-state index contributed by atoms with van der Waals surface area (Å²) >= 11 is 0. The number of likely N-dealkylation sites (tertiary alicyclic amines) is 1. The number of carbonyl (C=O) groups excluding carboxylic acids is 1. The Morgan fingerprint density at radius 1 is 1.20 bits per heavy atom. The molecular formula is C18H22N4O3. The molecule has 2 heterocycles. The quantitative estimate of drug-likeness (QED) is 0.902. The third-order valence-corrected chi connectivity index (χ3v) is 4.17. The third-order valence-electron chi connectivity index (χ3n) is 4.17. The minimum absolute atomic E-state index is 0.0423. The van der Waals surface area contributed by atoms with Gasteiger partial charge >= 0.3 is 12.0 Å². The maximum Gasteiger partial charge on any atom is 0.317 e. The fraction of sp³-hybridized carbons (Fsp3) is 0.389. The highest BCUT2D eigenvalue weighted by Gasteiger charge is 2.24. The third kappa shape index (κ3) is 4.59. The first-order chi connectivity index (χ1) is 12.3. The number of hydrogen-bond donors (Lipinski definition) is 1. The Balaban J connectivity index is 1.45. The van der Waals surface area contributed by atoms with Gasteiger partial charge in [0.2, 0.25) is 0 Å². The number of methoxy groups -OCH3 is 1. The van der Waals surface area contributed by atoms with Gasteiger partial charge in [0.1, 0.15) is 11.9 Å². The Hall–Kier alpha value is -2.83. The molecule has 1 aliphatic heterocycles. The van der Waals surface area contributed by atoms with E-state index in [2.05, 4.69) is 15.3 Å². The van der Waals surface area contributed by atoms with Gasteiger partial charge in [0.25, 0.3) is 0 Å². The zero-order valence-electron chi connectivity index (χ0n) is 14.2. The summed E-state index contributed by atoms with van der Waals surface area (Å²) in [4.78, 5) is 22.3. The normalized spacial score (nSPS) is 14.8. The molecule has 1 fully saturated rings. The van der Waals surface area contributed by atoms with Crippen molar-refractivity contribution in [2.24, 2.45) is 0 Å². The first-order valence-electron chi connectivity index (χ1n) is 8.34. The number of para-hydroxylation sites is 1. The Kier molecular flexibility index (Phi) is 5.66. The van der Waals surface area contributed by atoms with Crippen molar-refractivity contribution in [1.29, 1.82) is 0 Å². The van der Waals surface area contributed by atoms with Crippen LogP contribution in [0.5, 0.6) is 11.8 Å². The summed E-state index contributed by atoms with van der Waals surface area (Å²) in [6.45, 7) is 1.74. The Morgan fingerprint density at radius 3 is 2.64 bits per heavy atom. The highest BCUT2D eigenvalue weighted by molar-refractivity contribution is 5.74. The summed E-state index contributed by atoms with van der Waals surface area (Å²) in [5.41, 5.74) is 0.956. The highest BCUT2D eigenvalue weighted by Crippen LogP contribution is 2.18. The molecule has 0 saturated carbocycles. The summed E-state index contributed by atoms with van der Waals surface area (Å²) in [7, 11) is 1.63. The number of hydrogen-bond acceptors (Lipinski definition) is 5. The molecule has 7 nitrogen and oxygen atoms in total. The lowest BCUT2D eigenvalue weighted by Gasteiger charge is -2.31. The smallest absolute Gasteiger partial charge is 0.317 e. The molecule has 7 heteroatoms. The second kappa shape index (κ2) is 8.32. The molecular weight excluding hydrogens is 320 g/mol. The van der Waals surface area contributed by atoms with Crippen molar-refractivity contribution in [3.05, 3.63) is 48.3 Å². The Bertz CT molecular complexity index is 688. The molecule has 1 saturated heterocycles. The Morgan fingerprint density at radius 2 is 1.92 bits per heavy atom. The number of benzene rings is 1. The highest BCUT2D eigenvalue weighted by atomic mass is 16.5. The summed E-state index contributed by atoms with van der Waals surface area (Å²) in [5, 5.41) is 2.95. The standard InChI is InChI=1S/C18H22N4O3/c1-24-16-6-3-2-5-14(16)13-21-18(23)22-11-7-15(8-12-22)25-17-19-9-4-10-20-17/h2-6,9-10,15H,7-8,11-13H2,1H3,(H,21,23). The van der Waals surface area contributed by atoms with Crippen molar-refractivity contribution in [1.82, 2.24) is 20.2 Å². The molecule has 0 radical (unpaired) electrons. The first kappa shape index (κ1) is 17.0. The number of nitrogens with one attached hydrogen (secondary N) is 1. The summed E-state index contributed by atoms with van der Waals surface area (Å²) in [6.07, 6.45) is 4.88. The van der Waals surface area contributed by atoms with Crippen molar-refractivity contribution in [3.8, 4) is 11.8 Å². The molecule has 2 amide bonds. The van der Waals surface area contributed by atoms with Gasteiger partial charge < -0.3 is 19.7 Å². The first-order valence-corrected chi connectivity index (χ1v) is 8.34. The molecule has 1 aliphatic rings. The van der Waals surface area contributed by atoms with E-state index < -0.39 is 0 Å². The van der Waals surface area contributed by atoms with E-state index in [4.69, 9.17) is 9.47 Å². The largest absolute Gasteiger partial charge is 0.496 e. The van der Waals surface area contributed by atoms with Crippen molar-refractivity contribution in [3.63, 3.8) is 0 Å². The van der Waals surface area contributed by atoms with Crippen LogP contribution in [-0.4, -0.2) is 47.2 Å².